The van der Waals surface area contributed by atoms with Crippen LogP contribution in [0.15, 0.2) is 0 Å². The highest BCUT2D eigenvalue weighted by Crippen LogP contribution is 2.55. The molecule has 0 bridgehead atoms. The Balaban J connectivity index is 4.76. The molecular formula is C9H18ClO4P. The van der Waals surface area contributed by atoms with Crippen LogP contribution in [0.25, 0.3) is 0 Å². The van der Waals surface area contributed by atoms with E-state index >= 15 is 0 Å². The minimum absolute atomic E-state index is 0.200. The first kappa shape index (κ1) is 15.1. The van der Waals surface area contributed by atoms with Gasteiger partial charge in [0, 0.05) is 5.92 Å². The van der Waals surface area contributed by atoms with Gasteiger partial charge in [-0.05, 0) is 13.8 Å². The van der Waals surface area contributed by atoms with Crippen molar-refractivity contribution in [3.63, 3.8) is 0 Å². The maximum Gasteiger partial charge on any atom is 0.355 e. The van der Waals surface area contributed by atoms with Crippen molar-refractivity contribution in [2.24, 2.45) is 5.92 Å². The average Bonchev–Trinajstić information content (AvgIpc) is 2.16. The second-order valence-corrected chi connectivity index (χ2v) is 6.12. The smallest absolute Gasteiger partial charge is 0.308 e. The van der Waals surface area contributed by atoms with E-state index in [1.54, 1.807) is 27.7 Å². The van der Waals surface area contributed by atoms with Gasteiger partial charge in [-0.25, -0.2) is 0 Å². The molecule has 6 heteroatoms. The molecule has 0 saturated carbocycles. The van der Waals surface area contributed by atoms with Gasteiger partial charge in [-0.2, -0.15) is 0 Å². The lowest BCUT2D eigenvalue weighted by Gasteiger charge is -2.21. The van der Waals surface area contributed by atoms with Crippen molar-refractivity contribution in [1.82, 2.24) is 0 Å². The van der Waals surface area contributed by atoms with E-state index in [1.165, 1.54) is 0 Å². The molecule has 1 unspecified atom stereocenters. The first-order valence-corrected chi connectivity index (χ1v) is 7.00. The summed E-state index contributed by atoms with van der Waals surface area (Å²) in [7, 11) is -3.50. The minimum atomic E-state index is -3.50. The fourth-order valence-corrected chi connectivity index (χ4v) is 3.21. The monoisotopic (exact) mass is 256 g/mol. The molecule has 0 N–H and O–H groups in total. The Labute approximate surface area is 95.8 Å². The number of hydrogen-bond donors (Lipinski definition) is 0. The van der Waals surface area contributed by atoms with Crippen molar-refractivity contribution in [3.05, 3.63) is 0 Å². The molecule has 1 atom stereocenters. The molecule has 0 aromatic carbocycles. The molecule has 0 fully saturated rings. The molecule has 0 heterocycles. The van der Waals surface area contributed by atoms with Crippen LogP contribution in [0.4, 0.5) is 0 Å². The highest BCUT2D eigenvalue weighted by Gasteiger charge is 2.40. The van der Waals surface area contributed by atoms with Gasteiger partial charge in [0.2, 0.25) is 0 Å². The average molecular weight is 257 g/mol. The van der Waals surface area contributed by atoms with Crippen LogP contribution in [-0.2, 0) is 18.4 Å². The highest BCUT2D eigenvalue weighted by molar-refractivity contribution is 7.57. The Bertz CT molecular complexity index is 244. The summed E-state index contributed by atoms with van der Waals surface area (Å²) in [5.74, 6) is -0.608. The fraction of sp³-hybridized carbons (Fsp3) is 0.889. The van der Waals surface area contributed by atoms with Crippen molar-refractivity contribution in [1.29, 1.82) is 0 Å². The summed E-state index contributed by atoms with van der Waals surface area (Å²) in [6.45, 7) is 7.14. The number of alkyl halides is 1. The van der Waals surface area contributed by atoms with Gasteiger partial charge >= 0.3 is 7.60 Å². The summed E-state index contributed by atoms with van der Waals surface area (Å²) in [5, 5.41) is -1.21. The Kier molecular flexibility index (Phi) is 6.69. The first-order valence-electron chi connectivity index (χ1n) is 4.95. The molecule has 90 valence electrons. The van der Waals surface area contributed by atoms with Crippen LogP contribution in [0.3, 0.4) is 0 Å². The molecule has 0 rings (SSSR count). The summed E-state index contributed by atoms with van der Waals surface area (Å²) in [6, 6.07) is 0. The Morgan fingerprint density at radius 2 is 1.67 bits per heavy atom. The second kappa shape index (κ2) is 6.64. The molecule has 0 aliphatic carbocycles. The van der Waals surface area contributed by atoms with Gasteiger partial charge in [-0.1, -0.05) is 13.8 Å². The standard InChI is InChI=1S/C9H18ClO4P/c1-5-13-15(12,14-6-2)9(10)8(11)7(3)4/h7,9H,5-6H2,1-4H3. The van der Waals surface area contributed by atoms with E-state index < -0.39 is 12.7 Å². The number of rotatable bonds is 7. The molecule has 0 radical (unpaired) electrons. The quantitative estimate of drug-likeness (QED) is 0.519. The lowest BCUT2D eigenvalue weighted by Crippen LogP contribution is -2.22. The van der Waals surface area contributed by atoms with Gasteiger partial charge in [0.25, 0.3) is 0 Å². The lowest BCUT2D eigenvalue weighted by atomic mass is 10.1. The van der Waals surface area contributed by atoms with Gasteiger partial charge in [0.15, 0.2) is 10.9 Å². The third kappa shape index (κ3) is 4.23. The van der Waals surface area contributed by atoms with Crippen LogP contribution in [0.5, 0.6) is 0 Å². The van der Waals surface area contributed by atoms with Crippen LogP contribution in [-0.4, -0.2) is 24.1 Å². The summed E-state index contributed by atoms with van der Waals surface area (Å²) >= 11 is 5.83. The third-order valence-corrected chi connectivity index (χ3v) is 4.68. The van der Waals surface area contributed by atoms with Gasteiger partial charge in [-0.3, -0.25) is 9.36 Å². The zero-order chi connectivity index (χ0) is 12.1. The Morgan fingerprint density at radius 1 is 1.27 bits per heavy atom. The molecular weight excluding hydrogens is 239 g/mol. The van der Waals surface area contributed by atoms with E-state index in [2.05, 4.69) is 0 Å². The third-order valence-electron chi connectivity index (χ3n) is 1.70. The van der Waals surface area contributed by atoms with E-state index in [1.807, 2.05) is 0 Å². The summed E-state index contributed by atoms with van der Waals surface area (Å²) < 4.78 is 22.0. The van der Waals surface area contributed by atoms with E-state index in [0.29, 0.717) is 0 Å². The van der Waals surface area contributed by atoms with Crippen molar-refractivity contribution in [2.75, 3.05) is 13.2 Å². The molecule has 0 aromatic heterocycles. The van der Waals surface area contributed by atoms with Crippen molar-refractivity contribution in [3.8, 4) is 0 Å². The summed E-state index contributed by atoms with van der Waals surface area (Å²) in [4.78, 5) is 11.6. The van der Waals surface area contributed by atoms with Gasteiger partial charge in [-0.15, -0.1) is 11.6 Å². The Morgan fingerprint density at radius 3 is 1.93 bits per heavy atom. The Hall–Kier alpha value is 0.110. The number of halogens is 1. The van der Waals surface area contributed by atoms with Crippen molar-refractivity contribution >= 4 is 25.0 Å². The molecule has 15 heavy (non-hydrogen) atoms. The van der Waals surface area contributed by atoms with E-state index in [0.717, 1.165) is 0 Å². The topological polar surface area (TPSA) is 52.6 Å². The second-order valence-electron chi connectivity index (χ2n) is 3.27. The van der Waals surface area contributed by atoms with Crippen LogP contribution >= 0.6 is 19.2 Å². The van der Waals surface area contributed by atoms with Crippen LogP contribution in [0.2, 0.25) is 0 Å². The SMILES string of the molecule is CCOP(=O)(OCC)C(Cl)C(=O)C(C)C. The molecule has 0 amide bonds. The van der Waals surface area contributed by atoms with Crippen LogP contribution in [0.1, 0.15) is 27.7 Å². The van der Waals surface area contributed by atoms with Crippen LogP contribution < -0.4 is 0 Å². The van der Waals surface area contributed by atoms with E-state index in [-0.39, 0.29) is 24.9 Å². The van der Waals surface area contributed by atoms with Crippen LogP contribution in [0, 0.1) is 5.92 Å². The highest BCUT2D eigenvalue weighted by atomic mass is 35.5. The number of Topliss-reactive ketones (excluding diaryl/α,β-unsaturated/α-hetero) is 1. The lowest BCUT2D eigenvalue weighted by molar-refractivity contribution is -0.120. The maximum atomic E-state index is 12.1. The summed E-state index contributed by atoms with van der Waals surface area (Å²) in [5.41, 5.74) is 0. The predicted octanol–water partition coefficient (Wildman–Crippen LogP) is 3.04. The molecule has 0 aliphatic heterocycles. The predicted molar refractivity (Wildman–Crippen MR) is 60.3 cm³/mol. The largest absolute Gasteiger partial charge is 0.355 e. The fourth-order valence-electron chi connectivity index (χ4n) is 0.959. The molecule has 0 aliphatic rings. The zero-order valence-electron chi connectivity index (χ0n) is 9.53. The van der Waals surface area contributed by atoms with Gasteiger partial charge in [0.05, 0.1) is 13.2 Å². The molecule has 0 aromatic rings. The number of carbonyl (C=O) groups excluding carboxylic acids is 1. The maximum absolute atomic E-state index is 12.1. The van der Waals surface area contributed by atoms with E-state index in [9.17, 15) is 9.36 Å². The van der Waals surface area contributed by atoms with Gasteiger partial charge in [0.1, 0.15) is 0 Å². The normalized spacial score (nSPS) is 14.3. The first-order chi connectivity index (χ1) is 6.89. The number of hydrogen-bond acceptors (Lipinski definition) is 4. The van der Waals surface area contributed by atoms with E-state index in [4.69, 9.17) is 20.6 Å². The zero-order valence-corrected chi connectivity index (χ0v) is 11.2. The summed E-state index contributed by atoms with van der Waals surface area (Å²) in [6.07, 6.45) is 0. The van der Waals surface area contributed by atoms with Crippen molar-refractivity contribution in [2.45, 2.75) is 32.8 Å². The molecule has 4 nitrogen and oxygen atoms in total. The molecule has 0 spiro atoms. The molecule has 0 saturated heterocycles. The minimum Gasteiger partial charge on any atom is -0.308 e. The van der Waals surface area contributed by atoms with Crippen molar-refractivity contribution < 1.29 is 18.4 Å². The number of ketones is 1. The number of carbonyl (C=O) groups is 1. The van der Waals surface area contributed by atoms with Gasteiger partial charge < -0.3 is 9.05 Å².